The van der Waals surface area contributed by atoms with Gasteiger partial charge in [0.1, 0.15) is 21.7 Å². The number of hydrogen-bond acceptors (Lipinski definition) is 9. The summed E-state index contributed by atoms with van der Waals surface area (Å²) < 4.78 is 0. The number of benzene rings is 1. The Morgan fingerprint density at radius 1 is 1.18 bits per heavy atom. The number of nitrogens with one attached hydrogen (secondary N) is 1. The van der Waals surface area contributed by atoms with Gasteiger partial charge in [0.05, 0.1) is 18.0 Å². The highest BCUT2D eigenvalue weighted by atomic mass is 32.1. The number of thiazole rings is 1. The largest absolute Gasteiger partial charge is 0.507 e. The van der Waals surface area contributed by atoms with Gasteiger partial charge in [-0.1, -0.05) is 12.5 Å². The molecule has 2 bridgehead atoms. The number of anilines is 1. The van der Waals surface area contributed by atoms with Crippen molar-refractivity contribution in [3.05, 3.63) is 35.5 Å². The number of hydrogen-bond donors (Lipinski definition) is 2. The van der Waals surface area contributed by atoms with Gasteiger partial charge in [0.15, 0.2) is 11.6 Å². The summed E-state index contributed by atoms with van der Waals surface area (Å²) in [5.41, 5.74) is 1.49. The van der Waals surface area contributed by atoms with E-state index >= 15 is 0 Å². The van der Waals surface area contributed by atoms with Crippen molar-refractivity contribution in [3.8, 4) is 33.8 Å². The molecule has 3 atom stereocenters. The lowest BCUT2D eigenvalue weighted by atomic mass is 9.75. The van der Waals surface area contributed by atoms with Gasteiger partial charge in [0, 0.05) is 29.2 Å². The van der Waals surface area contributed by atoms with Crippen LogP contribution in [-0.2, 0) is 0 Å². The van der Waals surface area contributed by atoms with Gasteiger partial charge in [0.25, 0.3) is 0 Å². The number of aromatic hydroxyl groups is 1. The normalized spacial score (nSPS) is 26.1. The minimum atomic E-state index is 0.0684. The van der Waals surface area contributed by atoms with E-state index in [2.05, 4.69) is 43.4 Å². The summed E-state index contributed by atoms with van der Waals surface area (Å²) >= 11 is 1.29. The summed E-state index contributed by atoms with van der Waals surface area (Å²) in [6.45, 7) is 2.36. The highest BCUT2D eigenvalue weighted by Gasteiger charge is 2.45. The number of aromatic nitrogens is 4. The van der Waals surface area contributed by atoms with Crippen LogP contribution in [0.15, 0.2) is 30.6 Å². The molecule has 2 aromatic heterocycles. The molecule has 34 heavy (non-hydrogen) atoms. The second kappa shape index (κ2) is 8.29. The first-order chi connectivity index (χ1) is 16.5. The van der Waals surface area contributed by atoms with E-state index in [1.54, 1.807) is 12.1 Å². The number of phenolic OH excluding ortho intramolecular Hbond substituents is 1. The van der Waals surface area contributed by atoms with E-state index in [1.807, 2.05) is 12.3 Å². The number of nitrogens with zero attached hydrogens (tertiary/aromatic N) is 6. The van der Waals surface area contributed by atoms with Crippen molar-refractivity contribution in [1.82, 2.24) is 25.5 Å². The zero-order chi connectivity index (χ0) is 23.3. The fraction of sp³-hybridized carbons (Fsp3) is 0.480. The van der Waals surface area contributed by atoms with Gasteiger partial charge >= 0.3 is 0 Å². The molecule has 0 amide bonds. The molecular formula is C25H27N7OS. The van der Waals surface area contributed by atoms with Crippen molar-refractivity contribution in [2.45, 2.75) is 75.5 Å². The number of fused-ring (bicyclic) bond motifs is 2. The number of nitriles is 1. The molecule has 8 nitrogen and oxygen atoms in total. The van der Waals surface area contributed by atoms with Gasteiger partial charge in [0.2, 0.25) is 0 Å². The first-order valence-corrected chi connectivity index (χ1v) is 12.8. The van der Waals surface area contributed by atoms with E-state index < -0.39 is 0 Å². The van der Waals surface area contributed by atoms with Crippen molar-refractivity contribution >= 4 is 17.2 Å². The van der Waals surface area contributed by atoms with Crippen molar-refractivity contribution in [3.63, 3.8) is 0 Å². The maximum absolute atomic E-state index is 10.7. The van der Waals surface area contributed by atoms with E-state index in [4.69, 9.17) is 5.26 Å². The standard InChI is InChI=1S/C25H27N7OS/c1-25-8-2-3-16(29-25)10-18(11-25)32(17-5-6-17)22-14-27-23(31-30-22)20-7-4-15(9-21(20)33)24-28-13-19(12-26)34-24/h4,7,9,13-14,16-18,29,33H,2-3,5-6,8,10-11H2,1H3/t16-,18-,25+/m0/s1. The van der Waals surface area contributed by atoms with Crippen LogP contribution in [0.3, 0.4) is 0 Å². The molecule has 1 aromatic carbocycles. The van der Waals surface area contributed by atoms with Crippen molar-refractivity contribution < 1.29 is 5.11 Å². The third kappa shape index (κ3) is 4.01. The molecule has 3 fully saturated rings. The fourth-order valence-corrected chi connectivity index (χ4v) is 6.42. The molecule has 4 heterocycles. The van der Waals surface area contributed by atoms with E-state index in [9.17, 15) is 5.11 Å². The molecule has 1 aliphatic carbocycles. The molecule has 1 saturated carbocycles. The van der Waals surface area contributed by atoms with Crippen molar-refractivity contribution in [2.75, 3.05) is 4.90 Å². The first-order valence-electron chi connectivity index (χ1n) is 12.0. The zero-order valence-corrected chi connectivity index (χ0v) is 19.9. The third-order valence-corrected chi connectivity index (χ3v) is 8.28. The zero-order valence-electron chi connectivity index (χ0n) is 19.1. The van der Waals surface area contributed by atoms with Crippen molar-refractivity contribution in [2.24, 2.45) is 0 Å². The Morgan fingerprint density at radius 2 is 2.06 bits per heavy atom. The molecule has 6 rings (SSSR count). The summed E-state index contributed by atoms with van der Waals surface area (Å²) in [6, 6.07) is 8.93. The highest BCUT2D eigenvalue weighted by molar-refractivity contribution is 7.15. The summed E-state index contributed by atoms with van der Waals surface area (Å²) in [7, 11) is 0. The van der Waals surface area contributed by atoms with Crippen LogP contribution in [-0.4, -0.2) is 48.9 Å². The molecule has 0 spiro atoms. The van der Waals surface area contributed by atoms with Crippen LogP contribution in [0.5, 0.6) is 5.75 Å². The van der Waals surface area contributed by atoms with Gasteiger partial charge in [-0.3, -0.25) is 0 Å². The Morgan fingerprint density at radius 3 is 2.74 bits per heavy atom. The van der Waals surface area contributed by atoms with E-state index in [-0.39, 0.29) is 11.3 Å². The Balaban J connectivity index is 1.25. The van der Waals surface area contributed by atoms with Crippen LogP contribution in [0.2, 0.25) is 0 Å². The number of piperidine rings is 2. The lowest BCUT2D eigenvalue weighted by molar-refractivity contribution is 0.138. The number of rotatable bonds is 5. The monoisotopic (exact) mass is 473 g/mol. The average Bonchev–Trinajstić information content (AvgIpc) is 3.53. The molecule has 0 radical (unpaired) electrons. The molecule has 9 heteroatoms. The fourth-order valence-electron chi connectivity index (χ4n) is 5.71. The minimum absolute atomic E-state index is 0.0684. The van der Waals surface area contributed by atoms with Crippen LogP contribution in [0.1, 0.15) is 56.7 Å². The van der Waals surface area contributed by atoms with Gasteiger partial charge in [-0.05, 0) is 57.6 Å². The van der Waals surface area contributed by atoms with Gasteiger partial charge in [-0.25, -0.2) is 9.97 Å². The van der Waals surface area contributed by atoms with E-state index in [0.717, 1.165) is 24.2 Å². The molecule has 174 valence electrons. The quantitative estimate of drug-likeness (QED) is 0.565. The lowest BCUT2D eigenvalue weighted by Gasteiger charge is -2.50. The highest BCUT2D eigenvalue weighted by Crippen LogP contribution is 2.41. The lowest BCUT2D eigenvalue weighted by Crippen LogP contribution is -2.61. The Labute approximate surface area is 202 Å². The Kier molecular flexibility index (Phi) is 5.23. The maximum atomic E-state index is 10.7. The third-order valence-electron chi connectivity index (χ3n) is 7.33. The Bertz CT molecular complexity index is 1250. The van der Waals surface area contributed by atoms with Crippen LogP contribution in [0.4, 0.5) is 5.82 Å². The topological polar surface area (TPSA) is 111 Å². The number of phenols is 1. The summed E-state index contributed by atoms with van der Waals surface area (Å²) in [6.07, 6.45) is 11.8. The van der Waals surface area contributed by atoms with Gasteiger partial charge in [-0.2, -0.15) is 5.26 Å². The SMILES string of the molecule is C[C@@]12CCC[C@@H](C[C@H](N(c3cnc(-c4ccc(-c5ncc(C#N)s5)cc4O)nn3)C3CC3)C1)N2. The predicted molar refractivity (Wildman–Crippen MR) is 130 cm³/mol. The van der Waals surface area contributed by atoms with Gasteiger partial charge in [-0.15, -0.1) is 21.5 Å². The van der Waals surface area contributed by atoms with Gasteiger partial charge < -0.3 is 15.3 Å². The van der Waals surface area contributed by atoms with E-state index in [0.29, 0.717) is 39.4 Å². The van der Waals surface area contributed by atoms with Crippen LogP contribution in [0, 0.1) is 11.3 Å². The summed E-state index contributed by atoms with van der Waals surface area (Å²) in [5, 5.41) is 33.2. The molecule has 2 saturated heterocycles. The second-order valence-corrected chi connectivity index (χ2v) is 11.1. The first kappa shape index (κ1) is 21.4. The minimum Gasteiger partial charge on any atom is -0.507 e. The average molecular weight is 474 g/mol. The molecule has 0 unspecified atom stereocenters. The summed E-state index contributed by atoms with van der Waals surface area (Å²) in [4.78, 5) is 11.9. The smallest absolute Gasteiger partial charge is 0.185 e. The maximum Gasteiger partial charge on any atom is 0.185 e. The molecule has 3 aliphatic rings. The van der Waals surface area contributed by atoms with Crippen LogP contribution in [0.25, 0.3) is 22.0 Å². The van der Waals surface area contributed by atoms with E-state index in [1.165, 1.54) is 49.6 Å². The predicted octanol–water partition coefficient (Wildman–Crippen LogP) is 4.27. The molecule has 2 aliphatic heterocycles. The Hall–Kier alpha value is -3.09. The second-order valence-electron chi connectivity index (χ2n) is 10.0. The molecule has 2 N–H and O–H groups in total. The van der Waals surface area contributed by atoms with Crippen LogP contribution >= 0.6 is 11.3 Å². The molecular weight excluding hydrogens is 446 g/mol. The van der Waals surface area contributed by atoms with Crippen LogP contribution < -0.4 is 10.2 Å². The molecule has 3 aromatic rings. The summed E-state index contributed by atoms with van der Waals surface area (Å²) in [5.74, 6) is 1.30. The van der Waals surface area contributed by atoms with Crippen molar-refractivity contribution in [1.29, 1.82) is 5.26 Å².